The van der Waals surface area contributed by atoms with Crippen LogP contribution in [0, 0.1) is 5.41 Å². The minimum atomic E-state index is 0.807. The molecule has 0 saturated heterocycles. The number of rotatable bonds is 5. The lowest BCUT2D eigenvalue weighted by molar-refractivity contribution is 0.435. The van der Waals surface area contributed by atoms with Crippen molar-refractivity contribution in [3.05, 3.63) is 12.2 Å². The summed E-state index contributed by atoms with van der Waals surface area (Å²) < 4.78 is 0. The second kappa shape index (κ2) is 3.94. The highest BCUT2D eigenvalue weighted by molar-refractivity contribution is 4.92. The minimum absolute atomic E-state index is 0.807. The van der Waals surface area contributed by atoms with E-state index in [4.69, 9.17) is 0 Å². The van der Waals surface area contributed by atoms with E-state index < -0.39 is 0 Å². The van der Waals surface area contributed by atoms with Crippen LogP contribution in [0.15, 0.2) is 12.2 Å². The molecule has 0 unspecified atom stereocenters. The first-order valence-corrected chi connectivity index (χ1v) is 4.94. The number of hydrogen-bond donors (Lipinski definition) is 0. The fourth-order valence-corrected chi connectivity index (χ4v) is 1.72. The molecule has 0 heterocycles. The average Bonchev–Trinajstić information content (AvgIpc) is 2.80. The molecule has 11 heavy (non-hydrogen) atoms. The van der Waals surface area contributed by atoms with Gasteiger partial charge in [0, 0.05) is 0 Å². The lowest BCUT2D eigenvalue weighted by Crippen LogP contribution is -1.96. The molecule has 0 atom stereocenters. The highest BCUT2D eigenvalue weighted by Gasteiger charge is 2.39. The van der Waals surface area contributed by atoms with E-state index in [-0.39, 0.29) is 0 Å². The Kier molecular flexibility index (Phi) is 3.16. The van der Waals surface area contributed by atoms with Crippen molar-refractivity contribution in [2.75, 3.05) is 0 Å². The van der Waals surface area contributed by atoms with Crippen LogP contribution in [0.25, 0.3) is 0 Å². The van der Waals surface area contributed by atoms with Crippen molar-refractivity contribution in [2.45, 2.75) is 52.4 Å². The van der Waals surface area contributed by atoms with Crippen molar-refractivity contribution in [1.82, 2.24) is 0 Å². The first-order chi connectivity index (χ1) is 5.33. The van der Waals surface area contributed by atoms with E-state index in [9.17, 15) is 0 Å². The Labute approximate surface area is 70.7 Å². The lowest BCUT2D eigenvalue weighted by Gasteiger charge is -2.09. The van der Waals surface area contributed by atoms with Crippen molar-refractivity contribution in [3.63, 3.8) is 0 Å². The summed E-state index contributed by atoms with van der Waals surface area (Å²) in [5.41, 5.74) is 0.807. The monoisotopic (exact) mass is 152 g/mol. The molecule has 0 spiro atoms. The van der Waals surface area contributed by atoms with Crippen LogP contribution in [0.5, 0.6) is 0 Å². The number of unbranched alkanes of at least 4 members (excludes halogenated alkanes) is 1. The fraction of sp³-hybridized carbons (Fsp3) is 0.818. The van der Waals surface area contributed by atoms with Crippen LogP contribution >= 0.6 is 0 Å². The quantitative estimate of drug-likeness (QED) is 0.413. The van der Waals surface area contributed by atoms with Crippen molar-refractivity contribution in [2.24, 2.45) is 5.41 Å². The summed E-state index contributed by atoms with van der Waals surface area (Å²) in [6, 6.07) is 0. The van der Waals surface area contributed by atoms with Gasteiger partial charge in [-0.1, -0.05) is 25.5 Å². The molecule has 1 aliphatic carbocycles. The van der Waals surface area contributed by atoms with Gasteiger partial charge in [-0.3, -0.25) is 0 Å². The van der Waals surface area contributed by atoms with Crippen LogP contribution in [-0.4, -0.2) is 0 Å². The first-order valence-electron chi connectivity index (χ1n) is 4.94. The van der Waals surface area contributed by atoms with Gasteiger partial charge in [-0.2, -0.15) is 0 Å². The Bertz CT molecular complexity index is 129. The molecule has 1 fully saturated rings. The summed E-state index contributed by atoms with van der Waals surface area (Å²) >= 11 is 0. The maximum atomic E-state index is 2.34. The van der Waals surface area contributed by atoms with E-state index in [1.165, 1.54) is 38.5 Å². The van der Waals surface area contributed by atoms with Gasteiger partial charge < -0.3 is 0 Å². The van der Waals surface area contributed by atoms with Gasteiger partial charge in [0.05, 0.1) is 0 Å². The van der Waals surface area contributed by atoms with Gasteiger partial charge in [-0.15, -0.1) is 0 Å². The molecular formula is C11H20. The summed E-state index contributed by atoms with van der Waals surface area (Å²) in [6.07, 6.45) is 13.0. The van der Waals surface area contributed by atoms with Gasteiger partial charge in [-0.05, 0) is 44.4 Å². The van der Waals surface area contributed by atoms with Gasteiger partial charge in [0.2, 0.25) is 0 Å². The van der Waals surface area contributed by atoms with E-state index in [0.717, 1.165) is 5.41 Å². The highest BCUT2D eigenvalue weighted by Crippen LogP contribution is 2.52. The predicted octanol–water partition coefficient (Wildman–Crippen LogP) is 3.92. The molecule has 0 radical (unpaired) electrons. The van der Waals surface area contributed by atoms with Gasteiger partial charge in [0.1, 0.15) is 0 Å². The van der Waals surface area contributed by atoms with Crippen molar-refractivity contribution in [3.8, 4) is 0 Å². The van der Waals surface area contributed by atoms with Crippen molar-refractivity contribution in [1.29, 1.82) is 0 Å². The Balaban J connectivity index is 2.03. The predicted molar refractivity (Wildman–Crippen MR) is 50.6 cm³/mol. The zero-order chi connectivity index (χ0) is 8.16. The SMILES string of the molecule is CC=CCCCC1(CC)CC1. The maximum absolute atomic E-state index is 2.34. The topological polar surface area (TPSA) is 0 Å². The summed E-state index contributed by atoms with van der Waals surface area (Å²) in [5, 5.41) is 0. The van der Waals surface area contributed by atoms with Crippen LogP contribution in [0.1, 0.15) is 52.4 Å². The Morgan fingerprint density at radius 1 is 1.36 bits per heavy atom. The van der Waals surface area contributed by atoms with Crippen LogP contribution < -0.4 is 0 Å². The Morgan fingerprint density at radius 3 is 2.55 bits per heavy atom. The third kappa shape index (κ3) is 2.69. The van der Waals surface area contributed by atoms with Gasteiger partial charge in [0.25, 0.3) is 0 Å². The molecule has 0 aromatic rings. The van der Waals surface area contributed by atoms with Crippen LogP contribution in [-0.2, 0) is 0 Å². The average molecular weight is 152 g/mol. The van der Waals surface area contributed by atoms with E-state index in [0.29, 0.717) is 0 Å². The van der Waals surface area contributed by atoms with Crippen LogP contribution in [0.3, 0.4) is 0 Å². The summed E-state index contributed by atoms with van der Waals surface area (Å²) in [6.45, 7) is 4.44. The highest BCUT2D eigenvalue weighted by atomic mass is 14.4. The molecule has 1 rings (SSSR count). The standard InChI is InChI=1S/C11H20/c1-3-5-6-7-8-11(4-2)9-10-11/h3,5H,4,6-10H2,1-2H3. The Morgan fingerprint density at radius 2 is 2.09 bits per heavy atom. The van der Waals surface area contributed by atoms with E-state index in [1.807, 2.05) is 0 Å². The normalized spacial score (nSPS) is 20.9. The second-order valence-corrected chi connectivity index (χ2v) is 3.81. The molecule has 0 heteroatoms. The molecule has 1 aliphatic rings. The van der Waals surface area contributed by atoms with E-state index in [2.05, 4.69) is 26.0 Å². The molecule has 0 bridgehead atoms. The maximum Gasteiger partial charge on any atom is -0.0300 e. The smallest absolute Gasteiger partial charge is 0.0300 e. The summed E-state index contributed by atoms with van der Waals surface area (Å²) in [4.78, 5) is 0. The first kappa shape index (κ1) is 8.83. The largest absolute Gasteiger partial charge is 0.0917 e. The van der Waals surface area contributed by atoms with Gasteiger partial charge >= 0.3 is 0 Å². The van der Waals surface area contributed by atoms with Crippen molar-refractivity contribution >= 4 is 0 Å². The summed E-state index contributed by atoms with van der Waals surface area (Å²) in [7, 11) is 0. The molecule has 0 aromatic carbocycles. The van der Waals surface area contributed by atoms with Crippen LogP contribution in [0.4, 0.5) is 0 Å². The third-order valence-corrected chi connectivity index (χ3v) is 3.02. The van der Waals surface area contributed by atoms with E-state index >= 15 is 0 Å². The zero-order valence-corrected chi connectivity index (χ0v) is 7.90. The Hall–Kier alpha value is -0.260. The van der Waals surface area contributed by atoms with Gasteiger partial charge in [0.15, 0.2) is 0 Å². The summed E-state index contributed by atoms with van der Waals surface area (Å²) in [5.74, 6) is 0. The lowest BCUT2D eigenvalue weighted by atomic mass is 9.96. The molecule has 64 valence electrons. The zero-order valence-electron chi connectivity index (χ0n) is 7.90. The molecule has 0 nitrogen and oxygen atoms in total. The minimum Gasteiger partial charge on any atom is -0.0917 e. The molecule has 1 saturated carbocycles. The molecule has 0 amide bonds. The molecule has 0 aromatic heterocycles. The fourth-order valence-electron chi connectivity index (χ4n) is 1.72. The number of allylic oxidation sites excluding steroid dienone is 2. The van der Waals surface area contributed by atoms with Gasteiger partial charge in [-0.25, -0.2) is 0 Å². The van der Waals surface area contributed by atoms with E-state index in [1.54, 1.807) is 0 Å². The molecular weight excluding hydrogens is 132 g/mol. The van der Waals surface area contributed by atoms with Crippen molar-refractivity contribution < 1.29 is 0 Å². The number of hydrogen-bond acceptors (Lipinski definition) is 0. The molecule has 0 aliphatic heterocycles. The van der Waals surface area contributed by atoms with Crippen LogP contribution in [0.2, 0.25) is 0 Å². The molecule has 0 N–H and O–H groups in total. The second-order valence-electron chi connectivity index (χ2n) is 3.81. The third-order valence-electron chi connectivity index (χ3n) is 3.02.